The zero-order valence-corrected chi connectivity index (χ0v) is 14.0. The van der Waals surface area contributed by atoms with E-state index in [9.17, 15) is 0 Å². The summed E-state index contributed by atoms with van der Waals surface area (Å²) in [4.78, 5) is 6.39. The van der Waals surface area contributed by atoms with Gasteiger partial charge in [0.2, 0.25) is 0 Å². The molecule has 1 aromatic carbocycles. The number of aromatic nitrogens is 1. The van der Waals surface area contributed by atoms with Crippen molar-refractivity contribution >= 4 is 5.82 Å². The third-order valence-corrected chi connectivity index (χ3v) is 3.85. The molecule has 1 unspecified atom stereocenters. The molecule has 0 aliphatic carbocycles. The molecular formula is C19H26N2O. The van der Waals surface area contributed by atoms with Crippen LogP contribution in [0.2, 0.25) is 0 Å². The van der Waals surface area contributed by atoms with Crippen LogP contribution in [-0.2, 0) is 13.0 Å². The Bertz CT molecular complexity index is 578. The minimum absolute atomic E-state index is 0.549. The zero-order chi connectivity index (χ0) is 15.9. The molecule has 3 nitrogen and oxygen atoms in total. The normalized spacial score (nSPS) is 12.0. The lowest BCUT2D eigenvalue weighted by atomic mass is 9.99. The van der Waals surface area contributed by atoms with Gasteiger partial charge in [0, 0.05) is 25.9 Å². The van der Waals surface area contributed by atoms with Gasteiger partial charge in [-0.3, -0.25) is 0 Å². The molecule has 1 aromatic heterocycles. The minimum atomic E-state index is 0.549. The van der Waals surface area contributed by atoms with Gasteiger partial charge in [0.1, 0.15) is 18.2 Å². The Morgan fingerprint density at radius 1 is 1.14 bits per heavy atom. The monoisotopic (exact) mass is 298 g/mol. The number of rotatable bonds is 7. The highest BCUT2D eigenvalue weighted by Crippen LogP contribution is 2.19. The molecule has 0 bridgehead atoms. The maximum Gasteiger partial charge on any atom is 0.127 e. The molecule has 1 heterocycles. The third kappa shape index (κ3) is 4.76. The summed E-state index contributed by atoms with van der Waals surface area (Å²) in [6, 6.07) is 12.5. The lowest BCUT2D eigenvalue weighted by Gasteiger charge is -2.12. The first-order valence-electron chi connectivity index (χ1n) is 7.92. The first kappa shape index (κ1) is 16.3. The predicted molar refractivity (Wildman–Crippen MR) is 92.5 cm³/mol. The van der Waals surface area contributed by atoms with Crippen LogP contribution < -0.4 is 9.64 Å². The van der Waals surface area contributed by atoms with Crippen molar-refractivity contribution in [3.05, 3.63) is 53.7 Å². The van der Waals surface area contributed by atoms with Gasteiger partial charge < -0.3 is 9.64 Å². The molecule has 22 heavy (non-hydrogen) atoms. The smallest absolute Gasteiger partial charge is 0.127 e. The van der Waals surface area contributed by atoms with Gasteiger partial charge in [-0.25, -0.2) is 4.98 Å². The summed E-state index contributed by atoms with van der Waals surface area (Å²) in [6.45, 7) is 5.06. The summed E-state index contributed by atoms with van der Waals surface area (Å²) in [5.74, 6) is 2.59. The summed E-state index contributed by atoms with van der Waals surface area (Å²) in [5, 5.41) is 0. The van der Waals surface area contributed by atoms with E-state index in [1.54, 1.807) is 0 Å². The van der Waals surface area contributed by atoms with Crippen LogP contribution >= 0.6 is 0 Å². The first-order chi connectivity index (χ1) is 10.6. The molecule has 0 spiro atoms. The average Bonchev–Trinajstić information content (AvgIpc) is 2.53. The Morgan fingerprint density at radius 3 is 2.59 bits per heavy atom. The fraction of sp³-hybridized carbons (Fsp3) is 0.421. The number of anilines is 1. The maximum absolute atomic E-state index is 5.89. The average molecular weight is 298 g/mol. The molecular weight excluding hydrogens is 272 g/mol. The van der Waals surface area contributed by atoms with Crippen molar-refractivity contribution in [1.29, 1.82) is 0 Å². The van der Waals surface area contributed by atoms with Crippen LogP contribution in [0.25, 0.3) is 0 Å². The molecule has 0 radical (unpaired) electrons. The molecule has 0 aliphatic rings. The Balaban J connectivity index is 1.95. The van der Waals surface area contributed by atoms with Gasteiger partial charge in [0.05, 0.1) is 0 Å². The lowest BCUT2D eigenvalue weighted by Crippen LogP contribution is -2.10. The Labute approximate surface area is 134 Å². The van der Waals surface area contributed by atoms with Gasteiger partial charge in [-0.15, -0.1) is 0 Å². The summed E-state index contributed by atoms with van der Waals surface area (Å²) in [7, 11) is 3.97. The van der Waals surface area contributed by atoms with Gasteiger partial charge >= 0.3 is 0 Å². The number of benzene rings is 1. The number of pyridine rings is 1. The predicted octanol–water partition coefficient (Wildman–Crippen LogP) is 4.32. The van der Waals surface area contributed by atoms with Gasteiger partial charge in [0.15, 0.2) is 0 Å². The van der Waals surface area contributed by atoms with Crippen molar-refractivity contribution in [2.45, 2.75) is 33.3 Å². The van der Waals surface area contributed by atoms with E-state index in [-0.39, 0.29) is 0 Å². The fourth-order valence-corrected chi connectivity index (χ4v) is 2.24. The molecule has 0 fully saturated rings. The molecule has 118 valence electrons. The summed E-state index contributed by atoms with van der Waals surface area (Å²) < 4.78 is 5.89. The number of ether oxygens (including phenoxy) is 1. The van der Waals surface area contributed by atoms with Crippen LogP contribution in [0.4, 0.5) is 5.82 Å². The second-order valence-electron chi connectivity index (χ2n) is 6.07. The standard InChI is InChI=1S/C19H26N2O/c1-5-15(2)11-16-7-6-8-18(12-16)22-14-17-9-10-19(20-13-17)21(3)4/h6-10,12-13,15H,5,11,14H2,1-4H3. The maximum atomic E-state index is 5.89. The largest absolute Gasteiger partial charge is 0.489 e. The van der Waals surface area contributed by atoms with Crippen LogP contribution in [0.5, 0.6) is 5.75 Å². The van der Waals surface area contributed by atoms with E-state index in [2.05, 4.69) is 43.1 Å². The van der Waals surface area contributed by atoms with Crippen molar-refractivity contribution in [2.75, 3.05) is 19.0 Å². The topological polar surface area (TPSA) is 25.4 Å². The summed E-state index contributed by atoms with van der Waals surface area (Å²) in [6.07, 6.45) is 4.18. The first-order valence-corrected chi connectivity index (χ1v) is 7.92. The van der Waals surface area contributed by atoms with Crippen LogP contribution in [0.15, 0.2) is 42.6 Å². The highest BCUT2D eigenvalue weighted by Gasteiger charge is 2.03. The number of nitrogens with zero attached hydrogens (tertiary/aromatic N) is 2. The number of hydrogen-bond donors (Lipinski definition) is 0. The van der Waals surface area contributed by atoms with E-state index >= 15 is 0 Å². The molecule has 0 saturated carbocycles. The zero-order valence-electron chi connectivity index (χ0n) is 14.0. The second kappa shape index (κ2) is 7.83. The molecule has 1 atom stereocenters. The highest BCUT2D eigenvalue weighted by atomic mass is 16.5. The molecule has 3 heteroatoms. The molecule has 0 saturated heterocycles. The van der Waals surface area contributed by atoms with Gasteiger partial charge in [-0.05, 0) is 36.1 Å². The van der Waals surface area contributed by atoms with E-state index in [4.69, 9.17) is 4.74 Å². The van der Waals surface area contributed by atoms with Crippen LogP contribution in [0.1, 0.15) is 31.4 Å². The van der Waals surface area contributed by atoms with Crippen molar-refractivity contribution in [1.82, 2.24) is 4.98 Å². The molecule has 2 rings (SSSR count). The van der Waals surface area contributed by atoms with Gasteiger partial charge in [0.25, 0.3) is 0 Å². The van der Waals surface area contributed by atoms with Crippen LogP contribution in [-0.4, -0.2) is 19.1 Å². The minimum Gasteiger partial charge on any atom is -0.489 e. The number of hydrogen-bond acceptors (Lipinski definition) is 3. The van der Waals surface area contributed by atoms with E-state index in [0.717, 1.165) is 23.6 Å². The van der Waals surface area contributed by atoms with Crippen molar-refractivity contribution in [3.8, 4) is 5.75 Å². The Kier molecular flexibility index (Phi) is 5.82. The summed E-state index contributed by atoms with van der Waals surface area (Å²) in [5.41, 5.74) is 2.42. The highest BCUT2D eigenvalue weighted by molar-refractivity contribution is 5.37. The van der Waals surface area contributed by atoms with E-state index in [0.29, 0.717) is 12.5 Å². The molecule has 2 aromatic rings. The molecule has 0 aliphatic heterocycles. The van der Waals surface area contributed by atoms with Crippen LogP contribution in [0.3, 0.4) is 0 Å². The van der Waals surface area contributed by atoms with Gasteiger partial charge in [-0.2, -0.15) is 0 Å². The van der Waals surface area contributed by atoms with E-state index in [1.807, 2.05) is 37.3 Å². The van der Waals surface area contributed by atoms with Crippen molar-refractivity contribution < 1.29 is 4.74 Å². The van der Waals surface area contributed by atoms with E-state index in [1.165, 1.54) is 12.0 Å². The lowest BCUT2D eigenvalue weighted by molar-refractivity contribution is 0.305. The molecule has 0 amide bonds. The fourth-order valence-electron chi connectivity index (χ4n) is 2.24. The van der Waals surface area contributed by atoms with Crippen molar-refractivity contribution in [2.24, 2.45) is 5.92 Å². The van der Waals surface area contributed by atoms with E-state index < -0.39 is 0 Å². The van der Waals surface area contributed by atoms with Crippen LogP contribution in [0, 0.1) is 5.92 Å². The molecule has 0 N–H and O–H groups in total. The summed E-state index contributed by atoms with van der Waals surface area (Å²) >= 11 is 0. The van der Waals surface area contributed by atoms with Crippen molar-refractivity contribution in [3.63, 3.8) is 0 Å². The second-order valence-corrected chi connectivity index (χ2v) is 6.07. The quantitative estimate of drug-likeness (QED) is 0.761. The third-order valence-electron chi connectivity index (χ3n) is 3.85. The Morgan fingerprint density at radius 2 is 1.95 bits per heavy atom. The SMILES string of the molecule is CCC(C)Cc1cccc(OCc2ccc(N(C)C)nc2)c1. The van der Waals surface area contributed by atoms with Gasteiger partial charge in [-0.1, -0.05) is 38.5 Å². The Hall–Kier alpha value is -2.03.